The summed E-state index contributed by atoms with van der Waals surface area (Å²) in [6, 6.07) is 5.23. The summed E-state index contributed by atoms with van der Waals surface area (Å²) < 4.78 is 10.3. The topological polar surface area (TPSA) is 130 Å². The van der Waals surface area contributed by atoms with Crippen LogP contribution < -0.4 is 20.6 Å². The average Bonchev–Trinajstić information content (AvgIpc) is 2.92. The molecule has 116 valence electrons. The number of methoxy groups -OCH3 is 2. The van der Waals surface area contributed by atoms with E-state index in [-0.39, 0.29) is 12.5 Å². The Morgan fingerprint density at radius 1 is 1.45 bits per heavy atom. The van der Waals surface area contributed by atoms with Crippen molar-refractivity contribution in [3.8, 4) is 11.5 Å². The molecule has 3 N–H and O–H groups in total. The highest BCUT2D eigenvalue weighted by molar-refractivity contribution is 5.85. The fraction of sp³-hybridized carbons (Fsp3) is 0.250. The van der Waals surface area contributed by atoms with Gasteiger partial charge in [0.25, 0.3) is 11.9 Å². The number of ether oxygens (including phenoxy) is 2. The van der Waals surface area contributed by atoms with E-state index in [1.54, 1.807) is 25.3 Å². The van der Waals surface area contributed by atoms with Crippen molar-refractivity contribution < 1.29 is 14.3 Å². The number of nitrogens with zero attached hydrogens (tertiary/aromatic N) is 5. The zero-order valence-electron chi connectivity index (χ0n) is 12.1. The highest BCUT2D eigenvalue weighted by atomic mass is 16.5. The van der Waals surface area contributed by atoms with Crippen molar-refractivity contribution in [1.29, 1.82) is 0 Å². The molecule has 1 heterocycles. The minimum absolute atomic E-state index is 0.000675. The molecule has 22 heavy (non-hydrogen) atoms. The maximum Gasteiger partial charge on any atom is 0.263 e. The number of anilines is 1. The molecule has 0 spiro atoms. The Morgan fingerprint density at radius 3 is 2.91 bits per heavy atom. The molecule has 0 aliphatic carbocycles. The highest BCUT2D eigenvalue weighted by Gasteiger charge is 2.06. The predicted octanol–water partition coefficient (Wildman–Crippen LogP) is -0.577. The van der Waals surface area contributed by atoms with Gasteiger partial charge in [-0.25, -0.2) is 5.43 Å². The Hall–Kier alpha value is -3.17. The van der Waals surface area contributed by atoms with Crippen molar-refractivity contribution in [2.45, 2.75) is 6.54 Å². The summed E-state index contributed by atoms with van der Waals surface area (Å²) in [7, 11) is 3.10. The summed E-state index contributed by atoms with van der Waals surface area (Å²) in [6.07, 6.45) is 1.46. The van der Waals surface area contributed by atoms with Crippen LogP contribution in [0, 0.1) is 0 Å². The van der Waals surface area contributed by atoms with E-state index in [2.05, 4.69) is 25.9 Å². The lowest BCUT2D eigenvalue weighted by molar-refractivity contribution is -0.122. The number of nitrogens with two attached hydrogens (primary N) is 1. The molecule has 1 aromatic carbocycles. The lowest BCUT2D eigenvalue weighted by Crippen LogP contribution is -2.24. The van der Waals surface area contributed by atoms with Crippen molar-refractivity contribution in [3.05, 3.63) is 23.8 Å². The molecule has 10 heteroatoms. The first-order valence-corrected chi connectivity index (χ1v) is 6.19. The molecule has 0 bridgehead atoms. The van der Waals surface area contributed by atoms with Crippen LogP contribution in [-0.2, 0) is 11.3 Å². The summed E-state index contributed by atoms with van der Waals surface area (Å²) in [5.41, 5.74) is 8.32. The molecule has 0 aliphatic rings. The van der Waals surface area contributed by atoms with Gasteiger partial charge in [-0.3, -0.25) is 4.79 Å². The monoisotopic (exact) mass is 305 g/mol. The Kier molecular flexibility index (Phi) is 4.85. The number of amides is 1. The van der Waals surface area contributed by atoms with E-state index in [4.69, 9.17) is 15.2 Å². The molecule has 1 amide bonds. The van der Waals surface area contributed by atoms with E-state index >= 15 is 0 Å². The summed E-state index contributed by atoms with van der Waals surface area (Å²) in [5.74, 6) is 0.816. The number of aromatic nitrogens is 4. The lowest BCUT2D eigenvalue weighted by Gasteiger charge is -2.06. The van der Waals surface area contributed by atoms with Gasteiger partial charge in [0, 0.05) is 11.6 Å². The molecular formula is C12H15N7O3. The van der Waals surface area contributed by atoms with E-state index in [0.29, 0.717) is 17.1 Å². The molecule has 1 aromatic heterocycles. The molecule has 0 unspecified atom stereocenters. The number of nitrogen functional groups attached to an aromatic ring is 1. The van der Waals surface area contributed by atoms with Gasteiger partial charge < -0.3 is 15.2 Å². The Bertz CT molecular complexity index is 683. The van der Waals surface area contributed by atoms with Crippen molar-refractivity contribution in [3.63, 3.8) is 0 Å². The van der Waals surface area contributed by atoms with Gasteiger partial charge in [-0.2, -0.15) is 9.90 Å². The second-order valence-electron chi connectivity index (χ2n) is 4.08. The standard InChI is InChI=1S/C12H15N7O3/c1-21-9-4-3-8(10(5-9)22-2)6-14-15-11(20)7-19-17-12(13)16-18-19/h3-6H,7H2,1-2H3,(H2,13,17)(H,15,20)/b14-6+. The maximum absolute atomic E-state index is 11.6. The van der Waals surface area contributed by atoms with Crippen LogP contribution in [0.3, 0.4) is 0 Å². The van der Waals surface area contributed by atoms with Crippen molar-refractivity contribution >= 4 is 18.1 Å². The zero-order chi connectivity index (χ0) is 15.9. The quantitative estimate of drug-likeness (QED) is 0.539. The van der Waals surface area contributed by atoms with Gasteiger partial charge in [-0.15, -0.1) is 5.10 Å². The summed E-state index contributed by atoms with van der Waals surface area (Å²) in [6.45, 7) is -0.138. The lowest BCUT2D eigenvalue weighted by atomic mass is 10.2. The molecule has 10 nitrogen and oxygen atoms in total. The minimum Gasteiger partial charge on any atom is -0.497 e. The van der Waals surface area contributed by atoms with E-state index in [0.717, 1.165) is 4.80 Å². The molecule has 0 saturated heterocycles. The number of hydrogen-bond acceptors (Lipinski definition) is 8. The van der Waals surface area contributed by atoms with Crippen LogP contribution in [0.4, 0.5) is 5.95 Å². The van der Waals surface area contributed by atoms with E-state index in [1.165, 1.54) is 13.3 Å². The number of hydrogen-bond donors (Lipinski definition) is 2. The van der Waals surface area contributed by atoms with Crippen molar-refractivity contribution in [2.24, 2.45) is 5.10 Å². The molecule has 0 atom stereocenters. The van der Waals surface area contributed by atoms with Crippen LogP contribution in [0.25, 0.3) is 0 Å². The number of carbonyl (C=O) groups excluding carboxylic acids is 1. The Labute approximate surface area is 125 Å². The largest absolute Gasteiger partial charge is 0.497 e. The van der Waals surface area contributed by atoms with Crippen LogP contribution in [0.2, 0.25) is 0 Å². The van der Waals surface area contributed by atoms with Gasteiger partial charge >= 0.3 is 0 Å². The molecule has 0 saturated carbocycles. The normalized spacial score (nSPS) is 10.6. The average molecular weight is 305 g/mol. The Morgan fingerprint density at radius 2 is 2.27 bits per heavy atom. The van der Waals surface area contributed by atoms with Crippen molar-refractivity contribution in [1.82, 2.24) is 25.6 Å². The number of benzene rings is 1. The van der Waals surface area contributed by atoms with Gasteiger partial charge in [0.05, 0.1) is 20.4 Å². The minimum atomic E-state index is -0.416. The molecule has 2 rings (SSSR count). The smallest absolute Gasteiger partial charge is 0.263 e. The van der Waals surface area contributed by atoms with Crippen molar-refractivity contribution in [2.75, 3.05) is 20.0 Å². The second kappa shape index (κ2) is 7.02. The van der Waals surface area contributed by atoms with Crippen LogP contribution in [-0.4, -0.2) is 46.5 Å². The molecule has 2 aromatic rings. The third-order valence-corrected chi connectivity index (χ3v) is 2.59. The number of tetrazole rings is 1. The van der Waals surface area contributed by atoms with Gasteiger partial charge in [-0.1, -0.05) is 5.10 Å². The predicted molar refractivity (Wildman–Crippen MR) is 77.5 cm³/mol. The maximum atomic E-state index is 11.6. The first kappa shape index (κ1) is 15.2. The number of carbonyl (C=O) groups is 1. The van der Waals surface area contributed by atoms with Gasteiger partial charge in [-0.05, 0) is 17.3 Å². The number of hydrazone groups is 1. The summed E-state index contributed by atoms with van der Waals surface area (Å²) >= 11 is 0. The van der Waals surface area contributed by atoms with E-state index in [1.807, 2.05) is 0 Å². The van der Waals surface area contributed by atoms with Crippen LogP contribution in [0.5, 0.6) is 11.5 Å². The second-order valence-corrected chi connectivity index (χ2v) is 4.08. The molecule has 0 fully saturated rings. The van der Waals surface area contributed by atoms with Gasteiger partial charge in [0.2, 0.25) is 0 Å². The van der Waals surface area contributed by atoms with Crippen LogP contribution in [0.15, 0.2) is 23.3 Å². The fourth-order valence-electron chi connectivity index (χ4n) is 1.59. The van der Waals surface area contributed by atoms with E-state index < -0.39 is 5.91 Å². The van der Waals surface area contributed by atoms with Crippen LogP contribution >= 0.6 is 0 Å². The van der Waals surface area contributed by atoms with Crippen LogP contribution in [0.1, 0.15) is 5.56 Å². The molecule has 0 aliphatic heterocycles. The third-order valence-electron chi connectivity index (χ3n) is 2.59. The van der Waals surface area contributed by atoms with E-state index in [9.17, 15) is 4.79 Å². The summed E-state index contributed by atoms with van der Waals surface area (Å²) in [5, 5.41) is 14.6. The molecular weight excluding hydrogens is 290 g/mol. The summed E-state index contributed by atoms with van der Waals surface area (Å²) in [4.78, 5) is 12.7. The Balaban J connectivity index is 1.95. The first-order valence-electron chi connectivity index (χ1n) is 6.19. The fourth-order valence-corrected chi connectivity index (χ4v) is 1.59. The first-order chi connectivity index (χ1) is 10.6. The number of nitrogens with one attached hydrogen (secondary N) is 1. The third kappa shape index (κ3) is 3.91. The number of rotatable bonds is 6. The highest BCUT2D eigenvalue weighted by Crippen LogP contribution is 2.22. The van der Waals surface area contributed by atoms with Gasteiger partial charge in [0.15, 0.2) is 0 Å². The van der Waals surface area contributed by atoms with Gasteiger partial charge in [0.1, 0.15) is 18.0 Å². The zero-order valence-corrected chi connectivity index (χ0v) is 12.1. The molecule has 0 radical (unpaired) electrons. The SMILES string of the molecule is COc1ccc(/C=N/NC(=O)Cn2nnc(N)n2)c(OC)c1.